The fourth-order valence-electron chi connectivity index (χ4n) is 2.86. The average molecular weight is 434 g/mol. The van der Waals surface area contributed by atoms with Gasteiger partial charge in [0.15, 0.2) is 0 Å². The van der Waals surface area contributed by atoms with Gasteiger partial charge in [0.25, 0.3) is 5.91 Å². The van der Waals surface area contributed by atoms with Gasteiger partial charge >= 0.3 is 0 Å². The van der Waals surface area contributed by atoms with Crippen LogP contribution in [-0.2, 0) is 10.0 Å². The number of aromatic nitrogens is 3. The molecular formula is C19H20ClN5O3S. The molecule has 2 aromatic carbocycles. The number of anilines is 1. The van der Waals surface area contributed by atoms with Crippen LogP contribution in [0.3, 0.4) is 0 Å². The lowest BCUT2D eigenvalue weighted by Crippen LogP contribution is -2.31. The maximum absolute atomic E-state index is 12.8. The van der Waals surface area contributed by atoms with Crippen LogP contribution in [0.4, 0.5) is 5.69 Å². The first kappa shape index (κ1) is 21.0. The lowest BCUT2D eigenvalue weighted by atomic mass is 10.2. The molecule has 152 valence electrons. The lowest BCUT2D eigenvalue weighted by molar-refractivity contribution is 0.102. The number of nitrogens with one attached hydrogen (secondary N) is 1. The molecule has 0 saturated heterocycles. The number of hydrogen-bond donors (Lipinski definition) is 1. The standard InChI is InChI=1S/C19H20ClN5O3S/c1-3-24(4-2)29(27,28)18-13-14(9-10-15(18)20)19(26)22-16-7-5-6-8-17(16)25-12-11-21-23-25/h5-13H,3-4H2,1-2H3,(H,22,26). The van der Waals surface area contributed by atoms with Gasteiger partial charge in [0.2, 0.25) is 10.0 Å². The van der Waals surface area contributed by atoms with Gasteiger partial charge in [-0.3, -0.25) is 4.79 Å². The summed E-state index contributed by atoms with van der Waals surface area (Å²) < 4.78 is 28.5. The summed E-state index contributed by atoms with van der Waals surface area (Å²) in [6.07, 6.45) is 3.18. The Labute approximate surface area is 174 Å². The molecule has 0 bridgehead atoms. The topological polar surface area (TPSA) is 97.2 Å². The Balaban J connectivity index is 1.94. The van der Waals surface area contributed by atoms with Crippen LogP contribution in [0.15, 0.2) is 59.8 Å². The number of amides is 1. The van der Waals surface area contributed by atoms with E-state index >= 15 is 0 Å². The molecule has 0 aliphatic heterocycles. The number of carbonyl (C=O) groups is 1. The van der Waals surface area contributed by atoms with Crippen LogP contribution >= 0.6 is 11.6 Å². The molecule has 1 aromatic heterocycles. The minimum atomic E-state index is -3.81. The van der Waals surface area contributed by atoms with Gasteiger partial charge in [0, 0.05) is 18.7 Å². The van der Waals surface area contributed by atoms with Crippen molar-refractivity contribution in [3.05, 3.63) is 65.4 Å². The number of rotatable bonds is 7. The van der Waals surface area contributed by atoms with Crippen molar-refractivity contribution in [1.29, 1.82) is 0 Å². The van der Waals surface area contributed by atoms with Crippen molar-refractivity contribution in [2.75, 3.05) is 18.4 Å². The van der Waals surface area contributed by atoms with Crippen molar-refractivity contribution in [3.63, 3.8) is 0 Å². The van der Waals surface area contributed by atoms with Gasteiger partial charge in [-0.2, -0.15) is 4.31 Å². The Morgan fingerprint density at radius 1 is 1.17 bits per heavy atom. The van der Waals surface area contributed by atoms with Gasteiger partial charge in [-0.15, -0.1) is 5.10 Å². The Morgan fingerprint density at radius 3 is 2.55 bits per heavy atom. The first-order chi connectivity index (χ1) is 13.9. The summed E-state index contributed by atoms with van der Waals surface area (Å²) >= 11 is 6.14. The number of carbonyl (C=O) groups excluding carboxylic acids is 1. The van der Waals surface area contributed by atoms with Gasteiger partial charge in [-0.1, -0.05) is 42.8 Å². The summed E-state index contributed by atoms with van der Waals surface area (Å²) in [6.45, 7) is 4.09. The van der Waals surface area contributed by atoms with Gasteiger partial charge < -0.3 is 5.32 Å². The quantitative estimate of drug-likeness (QED) is 0.617. The third kappa shape index (κ3) is 4.31. The highest BCUT2D eigenvalue weighted by Gasteiger charge is 2.25. The minimum Gasteiger partial charge on any atom is -0.320 e. The molecule has 1 heterocycles. The van der Waals surface area contributed by atoms with E-state index in [2.05, 4.69) is 15.6 Å². The Hall–Kier alpha value is -2.75. The van der Waals surface area contributed by atoms with Crippen LogP contribution in [-0.4, -0.2) is 46.7 Å². The van der Waals surface area contributed by atoms with Crippen molar-refractivity contribution >= 4 is 33.2 Å². The fraction of sp³-hybridized carbons (Fsp3) is 0.211. The largest absolute Gasteiger partial charge is 0.320 e. The lowest BCUT2D eigenvalue weighted by Gasteiger charge is -2.19. The Kier molecular flexibility index (Phi) is 6.31. The third-order valence-electron chi connectivity index (χ3n) is 4.34. The number of nitrogens with zero attached hydrogens (tertiary/aromatic N) is 4. The second-order valence-corrected chi connectivity index (χ2v) is 8.37. The van der Waals surface area contributed by atoms with Crippen molar-refractivity contribution in [2.24, 2.45) is 0 Å². The van der Waals surface area contributed by atoms with Crippen LogP contribution in [0.5, 0.6) is 0 Å². The number of para-hydroxylation sites is 2. The van der Waals surface area contributed by atoms with E-state index in [9.17, 15) is 13.2 Å². The third-order valence-corrected chi connectivity index (χ3v) is 6.87. The van der Waals surface area contributed by atoms with E-state index in [1.807, 2.05) is 6.07 Å². The van der Waals surface area contributed by atoms with Gasteiger partial charge in [-0.05, 0) is 30.3 Å². The highest BCUT2D eigenvalue weighted by molar-refractivity contribution is 7.89. The molecule has 1 N–H and O–H groups in total. The molecule has 0 aliphatic rings. The Morgan fingerprint density at radius 2 is 1.90 bits per heavy atom. The van der Waals surface area contributed by atoms with Crippen LogP contribution in [0, 0.1) is 0 Å². The van der Waals surface area contributed by atoms with Crippen LogP contribution in [0.2, 0.25) is 5.02 Å². The van der Waals surface area contributed by atoms with Crippen molar-refractivity contribution in [1.82, 2.24) is 19.3 Å². The van der Waals surface area contributed by atoms with Crippen LogP contribution in [0.1, 0.15) is 24.2 Å². The highest BCUT2D eigenvalue weighted by atomic mass is 35.5. The molecule has 0 fully saturated rings. The SMILES string of the molecule is CCN(CC)S(=O)(=O)c1cc(C(=O)Nc2ccccc2-n2ccnn2)ccc1Cl. The predicted molar refractivity (Wildman–Crippen MR) is 111 cm³/mol. The van der Waals surface area contributed by atoms with Crippen molar-refractivity contribution in [2.45, 2.75) is 18.7 Å². The van der Waals surface area contributed by atoms with Crippen molar-refractivity contribution in [3.8, 4) is 5.69 Å². The predicted octanol–water partition coefficient (Wildman–Crippen LogP) is 3.20. The van der Waals surface area contributed by atoms with E-state index in [-0.39, 0.29) is 15.5 Å². The molecule has 3 aromatic rings. The summed E-state index contributed by atoms with van der Waals surface area (Å²) in [6, 6.07) is 11.3. The zero-order chi connectivity index (χ0) is 21.0. The summed E-state index contributed by atoms with van der Waals surface area (Å²) in [5.41, 5.74) is 1.31. The zero-order valence-electron chi connectivity index (χ0n) is 15.9. The number of hydrogen-bond acceptors (Lipinski definition) is 5. The molecule has 1 amide bonds. The second-order valence-electron chi connectivity index (χ2n) is 6.05. The smallest absolute Gasteiger partial charge is 0.255 e. The molecule has 0 radical (unpaired) electrons. The molecule has 0 aliphatic carbocycles. The van der Waals surface area contributed by atoms with Crippen LogP contribution in [0.25, 0.3) is 5.69 Å². The average Bonchev–Trinajstić information content (AvgIpc) is 3.24. The van der Waals surface area contributed by atoms with Crippen molar-refractivity contribution < 1.29 is 13.2 Å². The molecule has 8 nitrogen and oxygen atoms in total. The minimum absolute atomic E-state index is 0.0662. The monoisotopic (exact) mass is 433 g/mol. The summed E-state index contributed by atoms with van der Waals surface area (Å²) in [5, 5.41) is 10.6. The van der Waals surface area contributed by atoms with E-state index in [1.54, 1.807) is 38.2 Å². The molecule has 10 heteroatoms. The number of halogens is 1. The summed E-state index contributed by atoms with van der Waals surface area (Å²) in [5.74, 6) is -0.467. The molecule has 3 rings (SSSR count). The molecule has 0 atom stereocenters. The van der Waals surface area contributed by atoms with E-state index in [0.717, 1.165) is 0 Å². The molecular weight excluding hydrogens is 414 g/mol. The van der Waals surface area contributed by atoms with E-state index < -0.39 is 15.9 Å². The van der Waals surface area contributed by atoms with E-state index in [4.69, 9.17) is 11.6 Å². The maximum atomic E-state index is 12.8. The van der Waals surface area contributed by atoms with E-state index in [0.29, 0.717) is 24.5 Å². The van der Waals surface area contributed by atoms with Gasteiger partial charge in [0.1, 0.15) is 4.90 Å². The summed E-state index contributed by atoms with van der Waals surface area (Å²) in [7, 11) is -3.81. The highest BCUT2D eigenvalue weighted by Crippen LogP contribution is 2.27. The first-order valence-corrected chi connectivity index (χ1v) is 10.8. The fourth-order valence-corrected chi connectivity index (χ4v) is 4.81. The molecule has 0 unspecified atom stereocenters. The second kappa shape index (κ2) is 8.73. The van der Waals surface area contributed by atoms with Gasteiger partial charge in [-0.25, -0.2) is 13.1 Å². The molecule has 0 spiro atoms. The normalized spacial score (nSPS) is 11.6. The van der Waals surface area contributed by atoms with Gasteiger partial charge in [0.05, 0.1) is 28.8 Å². The maximum Gasteiger partial charge on any atom is 0.255 e. The van der Waals surface area contributed by atoms with Crippen LogP contribution < -0.4 is 5.32 Å². The molecule has 0 saturated carbocycles. The number of benzene rings is 2. The van der Waals surface area contributed by atoms with E-state index in [1.165, 1.54) is 33.4 Å². The Bertz CT molecular complexity index is 1110. The molecule has 29 heavy (non-hydrogen) atoms. The number of sulfonamides is 1. The first-order valence-electron chi connectivity index (χ1n) is 8.95. The summed E-state index contributed by atoms with van der Waals surface area (Å²) in [4.78, 5) is 12.7. The zero-order valence-corrected chi connectivity index (χ0v) is 17.5.